The average molecular weight is 298 g/mol. The van der Waals surface area contributed by atoms with Crippen LogP contribution in [0.2, 0.25) is 0 Å². The molecule has 2 saturated carbocycles. The molecule has 17 heavy (non-hydrogen) atoms. The lowest BCUT2D eigenvalue weighted by atomic mass is 9.96. The topological polar surface area (TPSA) is 12.0 Å². The Balaban J connectivity index is 1.62. The standard InChI is InChI=1S/C14H17BrFN/c15-12-7-10(1-4-13(12)16)8-14(5-6-14)9-17-11-2-3-11/h1,4,7,11,17H,2-3,5-6,8-9H2. The monoisotopic (exact) mass is 297 g/mol. The first-order chi connectivity index (χ1) is 8.17. The van der Waals surface area contributed by atoms with E-state index in [9.17, 15) is 4.39 Å². The lowest BCUT2D eigenvalue weighted by Gasteiger charge is -2.16. The minimum absolute atomic E-state index is 0.172. The highest BCUT2D eigenvalue weighted by Crippen LogP contribution is 2.48. The van der Waals surface area contributed by atoms with Gasteiger partial charge in [-0.1, -0.05) is 6.07 Å². The highest BCUT2D eigenvalue weighted by atomic mass is 79.9. The minimum atomic E-state index is -0.172. The van der Waals surface area contributed by atoms with E-state index < -0.39 is 0 Å². The molecule has 1 aromatic rings. The molecule has 1 nitrogen and oxygen atoms in total. The van der Waals surface area contributed by atoms with Crippen molar-refractivity contribution in [2.24, 2.45) is 5.41 Å². The Bertz CT molecular complexity index is 424. The summed E-state index contributed by atoms with van der Waals surface area (Å²) >= 11 is 3.26. The van der Waals surface area contributed by atoms with Crippen molar-refractivity contribution >= 4 is 15.9 Å². The average Bonchev–Trinajstić information content (AvgIpc) is 3.17. The lowest BCUT2D eigenvalue weighted by Crippen LogP contribution is -2.27. The summed E-state index contributed by atoms with van der Waals surface area (Å²) in [6.07, 6.45) is 6.38. The van der Waals surface area contributed by atoms with Gasteiger partial charge in [-0.3, -0.25) is 0 Å². The zero-order valence-electron chi connectivity index (χ0n) is 9.81. The quantitative estimate of drug-likeness (QED) is 0.874. The number of halogens is 2. The first-order valence-corrected chi connectivity index (χ1v) is 7.14. The molecule has 3 rings (SSSR count). The first-order valence-electron chi connectivity index (χ1n) is 6.34. The Hall–Kier alpha value is -0.410. The molecule has 0 atom stereocenters. The van der Waals surface area contributed by atoms with Gasteiger partial charge in [-0.05, 0) is 71.1 Å². The molecule has 0 amide bonds. The third kappa shape index (κ3) is 2.89. The Morgan fingerprint density at radius 3 is 2.71 bits per heavy atom. The number of nitrogens with one attached hydrogen (secondary N) is 1. The molecule has 0 aromatic heterocycles. The van der Waals surface area contributed by atoms with Crippen LogP contribution in [0, 0.1) is 11.2 Å². The van der Waals surface area contributed by atoms with Crippen LogP contribution in [-0.2, 0) is 6.42 Å². The fourth-order valence-electron chi connectivity index (χ4n) is 2.32. The second-order valence-corrected chi connectivity index (χ2v) is 6.43. The van der Waals surface area contributed by atoms with E-state index in [2.05, 4.69) is 21.2 Å². The maximum Gasteiger partial charge on any atom is 0.137 e. The molecule has 0 radical (unpaired) electrons. The number of hydrogen-bond donors (Lipinski definition) is 1. The molecule has 0 spiro atoms. The maximum atomic E-state index is 13.2. The highest BCUT2D eigenvalue weighted by Gasteiger charge is 2.43. The summed E-state index contributed by atoms with van der Waals surface area (Å²) in [5, 5.41) is 3.62. The van der Waals surface area contributed by atoms with Gasteiger partial charge in [0, 0.05) is 12.6 Å². The van der Waals surface area contributed by atoms with Crippen molar-refractivity contribution in [1.82, 2.24) is 5.32 Å². The predicted molar refractivity (Wildman–Crippen MR) is 70.5 cm³/mol. The molecule has 2 aliphatic carbocycles. The van der Waals surface area contributed by atoms with Crippen molar-refractivity contribution in [3.63, 3.8) is 0 Å². The largest absolute Gasteiger partial charge is 0.313 e. The van der Waals surface area contributed by atoms with Crippen molar-refractivity contribution in [2.75, 3.05) is 6.54 Å². The van der Waals surface area contributed by atoms with Crippen LogP contribution < -0.4 is 5.32 Å². The van der Waals surface area contributed by atoms with Gasteiger partial charge >= 0.3 is 0 Å². The third-order valence-corrected chi connectivity index (χ3v) is 4.47. The molecular weight excluding hydrogens is 281 g/mol. The van der Waals surface area contributed by atoms with Crippen LogP contribution in [0.25, 0.3) is 0 Å². The Kier molecular flexibility index (Phi) is 2.99. The van der Waals surface area contributed by atoms with Gasteiger partial charge in [-0.2, -0.15) is 0 Å². The van der Waals surface area contributed by atoms with Gasteiger partial charge in [0.1, 0.15) is 5.82 Å². The summed E-state index contributed by atoms with van der Waals surface area (Å²) in [5.74, 6) is -0.172. The molecule has 1 aromatic carbocycles. The third-order valence-electron chi connectivity index (χ3n) is 3.86. The summed E-state index contributed by atoms with van der Waals surface area (Å²) in [6, 6.07) is 6.18. The Labute approximate surface area is 110 Å². The Morgan fingerprint density at radius 1 is 1.35 bits per heavy atom. The second-order valence-electron chi connectivity index (χ2n) is 5.58. The normalized spacial score (nSPS) is 21.5. The van der Waals surface area contributed by atoms with Gasteiger partial charge in [0.25, 0.3) is 0 Å². The first kappa shape index (κ1) is 11.7. The Morgan fingerprint density at radius 2 is 2.12 bits per heavy atom. The summed E-state index contributed by atoms with van der Waals surface area (Å²) in [5.41, 5.74) is 1.70. The molecule has 0 aliphatic heterocycles. The maximum absolute atomic E-state index is 13.2. The van der Waals surface area contributed by atoms with Gasteiger partial charge in [0.05, 0.1) is 4.47 Å². The van der Waals surface area contributed by atoms with Crippen LogP contribution in [0.3, 0.4) is 0 Å². The minimum Gasteiger partial charge on any atom is -0.313 e. The van der Waals surface area contributed by atoms with E-state index in [0.29, 0.717) is 9.89 Å². The summed E-state index contributed by atoms with van der Waals surface area (Å²) in [4.78, 5) is 0. The summed E-state index contributed by atoms with van der Waals surface area (Å²) in [6.45, 7) is 1.13. The lowest BCUT2D eigenvalue weighted by molar-refractivity contribution is 0.453. The van der Waals surface area contributed by atoms with Crippen molar-refractivity contribution in [3.05, 3.63) is 34.1 Å². The molecule has 3 heteroatoms. The van der Waals surface area contributed by atoms with Crippen molar-refractivity contribution in [2.45, 2.75) is 38.1 Å². The van der Waals surface area contributed by atoms with Crippen molar-refractivity contribution < 1.29 is 4.39 Å². The smallest absolute Gasteiger partial charge is 0.137 e. The van der Waals surface area contributed by atoms with E-state index in [0.717, 1.165) is 19.0 Å². The van der Waals surface area contributed by atoms with Crippen LogP contribution >= 0.6 is 15.9 Å². The highest BCUT2D eigenvalue weighted by molar-refractivity contribution is 9.10. The molecule has 2 fully saturated rings. The van der Waals surface area contributed by atoms with Crippen LogP contribution in [0.15, 0.2) is 22.7 Å². The molecule has 92 valence electrons. The van der Waals surface area contributed by atoms with Crippen LogP contribution in [0.4, 0.5) is 4.39 Å². The SMILES string of the molecule is Fc1ccc(CC2(CNC3CC3)CC2)cc1Br. The zero-order valence-corrected chi connectivity index (χ0v) is 11.4. The van der Waals surface area contributed by atoms with Gasteiger partial charge in [-0.15, -0.1) is 0 Å². The number of rotatable bonds is 5. The second kappa shape index (κ2) is 4.36. The molecular formula is C14H17BrFN. The van der Waals surface area contributed by atoms with Crippen molar-refractivity contribution in [3.8, 4) is 0 Å². The molecule has 0 heterocycles. The molecule has 0 saturated heterocycles. The molecule has 1 N–H and O–H groups in total. The van der Waals surface area contributed by atoms with E-state index in [1.54, 1.807) is 6.07 Å². The van der Waals surface area contributed by atoms with E-state index in [1.807, 2.05) is 12.1 Å². The van der Waals surface area contributed by atoms with E-state index in [4.69, 9.17) is 0 Å². The fraction of sp³-hybridized carbons (Fsp3) is 0.571. The van der Waals surface area contributed by atoms with Crippen LogP contribution in [-0.4, -0.2) is 12.6 Å². The van der Waals surface area contributed by atoms with Crippen molar-refractivity contribution in [1.29, 1.82) is 0 Å². The zero-order chi connectivity index (χ0) is 11.9. The van der Waals surface area contributed by atoms with Crippen LogP contribution in [0.5, 0.6) is 0 Å². The van der Waals surface area contributed by atoms with Gasteiger partial charge in [-0.25, -0.2) is 4.39 Å². The number of benzene rings is 1. The molecule has 0 bridgehead atoms. The van der Waals surface area contributed by atoms with Crippen LogP contribution in [0.1, 0.15) is 31.2 Å². The number of hydrogen-bond acceptors (Lipinski definition) is 1. The van der Waals surface area contributed by atoms with E-state index >= 15 is 0 Å². The summed E-state index contributed by atoms with van der Waals surface area (Å²) in [7, 11) is 0. The fourth-order valence-corrected chi connectivity index (χ4v) is 2.75. The predicted octanol–water partition coefficient (Wildman–Crippen LogP) is 3.66. The van der Waals surface area contributed by atoms with E-state index in [-0.39, 0.29) is 5.82 Å². The van der Waals surface area contributed by atoms with Gasteiger partial charge < -0.3 is 5.32 Å². The summed E-state index contributed by atoms with van der Waals surface area (Å²) < 4.78 is 13.7. The molecule has 2 aliphatic rings. The van der Waals surface area contributed by atoms with E-state index in [1.165, 1.54) is 31.2 Å². The van der Waals surface area contributed by atoms with Gasteiger partial charge in [0.2, 0.25) is 0 Å². The van der Waals surface area contributed by atoms with Gasteiger partial charge in [0.15, 0.2) is 0 Å². The molecule has 0 unspecified atom stereocenters.